The Kier molecular flexibility index (Phi) is 7.96. The first-order chi connectivity index (χ1) is 11.2. The van der Waals surface area contributed by atoms with Gasteiger partial charge >= 0.3 is 5.97 Å². The number of rotatable bonds is 10. The fourth-order valence-electron chi connectivity index (χ4n) is 3.00. The number of carbonyl (C=O) groups is 1. The third-order valence-corrected chi connectivity index (χ3v) is 5.67. The van der Waals surface area contributed by atoms with Gasteiger partial charge in [0.2, 0.25) is 0 Å². The lowest BCUT2D eigenvalue weighted by Crippen LogP contribution is -2.33. The van der Waals surface area contributed by atoms with E-state index in [-0.39, 0.29) is 5.37 Å². The van der Waals surface area contributed by atoms with Gasteiger partial charge in [0, 0.05) is 5.75 Å². The van der Waals surface area contributed by atoms with Crippen molar-refractivity contribution in [2.45, 2.75) is 69.7 Å². The maximum absolute atomic E-state index is 11.0. The van der Waals surface area contributed by atoms with Gasteiger partial charge in [0.05, 0.1) is 5.37 Å². The van der Waals surface area contributed by atoms with Crippen LogP contribution in [0.1, 0.15) is 68.4 Å². The molecule has 3 nitrogen and oxygen atoms in total. The zero-order chi connectivity index (χ0) is 16.5. The van der Waals surface area contributed by atoms with Gasteiger partial charge in [-0.3, -0.25) is 10.1 Å². The van der Waals surface area contributed by atoms with E-state index in [9.17, 15) is 4.79 Å². The number of thioether (sulfide) groups is 1. The quantitative estimate of drug-likeness (QED) is 0.605. The Morgan fingerprint density at radius 3 is 2.65 bits per heavy atom. The normalized spacial score (nSPS) is 20.7. The molecule has 128 valence electrons. The van der Waals surface area contributed by atoms with E-state index in [2.05, 4.69) is 36.5 Å². The van der Waals surface area contributed by atoms with Gasteiger partial charge in [0.25, 0.3) is 0 Å². The lowest BCUT2D eigenvalue weighted by Gasteiger charge is -2.12. The van der Waals surface area contributed by atoms with Crippen LogP contribution in [0.4, 0.5) is 0 Å². The summed E-state index contributed by atoms with van der Waals surface area (Å²) in [7, 11) is 0. The molecule has 1 heterocycles. The number of carboxylic acids is 1. The van der Waals surface area contributed by atoms with Crippen LogP contribution < -0.4 is 5.32 Å². The van der Waals surface area contributed by atoms with Crippen LogP contribution in [-0.4, -0.2) is 22.9 Å². The summed E-state index contributed by atoms with van der Waals surface area (Å²) in [4.78, 5) is 11.0. The highest BCUT2D eigenvalue weighted by Gasteiger charge is 2.30. The monoisotopic (exact) mass is 335 g/mol. The minimum Gasteiger partial charge on any atom is -0.480 e. The molecular formula is C19H29NO2S. The minimum absolute atomic E-state index is 0.116. The first-order valence-electron chi connectivity index (χ1n) is 8.90. The van der Waals surface area contributed by atoms with Gasteiger partial charge in [-0.1, -0.05) is 69.7 Å². The summed E-state index contributed by atoms with van der Waals surface area (Å²) >= 11 is 1.69. The third-order valence-electron chi connectivity index (χ3n) is 4.40. The first-order valence-corrected chi connectivity index (χ1v) is 9.95. The summed E-state index contributed by atoms with van der Waals surface area (Å²) < 4.78 is 0. The van der Waals surface area contributed by atoms with Crippen LogP contribution in [0.15, 0.2) is 24.3 Å². The van der Waals surface area contributed by atoms with E-state index >= 15 is 0 Å². The van der Waals surface area contributed by atoms with Crippen LogP contribution in [0.25, 0.3) is 0 Å². The number of carboxylic acid groups (broad SMARTS) is 1. The highest BCUT2D eigenvalue weighted by Crippen LogP contribution is 2.33. The molecule has 2 N–H and O–H groups in total. The molecular weight excluding hydrogens is 306 g/mol. The van der Waals surface area contributed by atoms with Crippen molar-refractivity contribution in [2.75, 3.05) is 5.75 Å². The largest absolute Gasteiger partial charge is 0.480 e. The van der Waals surface area contributed by atoms with E-state index in [1.54, 1.807) is 11.8 Å². The molecule has 1 aromatic carbocycles. The lowest BCUT2D eigenvalue weighted by atomic mass is 10.0. The van der Waals surface area contributed by atoms with E-state index in [0.717, 1.165) is 6.42 Å². The maximum atomic E-state index is 11.0. The summed E-state index contributed by atoms with van der Waals surface area (Å²) in [6.45, 7) is 2.25. The molecule has 0 spiro atoms. The molecule has 4 heteroatoms. The second-order valence-electron chi connectivity index (χ2n) is 6.39. The summed E-state index contributed by atoms with van der Waals surface area (Å²) in [5, 5.41) is 12.4. The van der Waals surface area contributed by atoms with Gasteiger partial charge in [-0.2, -0.15) is 0 Å². The van der Waals surface area contributed by atoms with Crippen LogP contribution in [0.5, 0.6) is 0 Å². The molecule has 1 saturated heterocycles. The second kappa shape index (κ2) is 9.99. The average Bonchev–Trinajstić information content (AvgIpc) is 3.05. The Morgan fingerprint density at radius 1 is 1.22 bits per heavy atom. The molecule has 0 aromatic heterocycles. The molecule has 0 amide bonds. The third kappa shape index (κ3) is 6.19. The lowest BCUT2D eigenvalue weighted by molar-refractivity contribution is -0.138. The van der Waals surface area contributed by atoms with Crippen LogP contribution in [0.3, 0.4) is 0 Å². The highest BCUT2D eigenvalue weighted by atomic mass is 32.2. The van der Waals surface area contributed by atoms with E-state index in [4.69, 9.17) is 5.11 Å². The van der Waals surface area contributed by atoms with Gasteiger partial charge in [-0.05, 0) is 24.0 Å². The Hall–Kier alpha value is -1.00. The Balaban J connectivity index is 1.73. The summed E-state index contributed by atoms with van der Waals surface area (Å²) in [5.41, 5.74) is 2.58. The number of unbranched alkanes of at least 4 members (excludes halogenated alkanes) is 6. The van der Waals surface area contributed by atoms with Gasteiger partial charge in [0.1, 0.15) is 6.04 Å². The zero-order valence-corrected chi connectivity index (χ0v) is 14.9. The Morgan fingerprint density at radius 2 is 1.96 bits per heavy atom. The Labute approximate surface area is 144 Å². The number of aliphatic carboxylic acids is 1. The molecule has 23 heavy (non-hydrogen) atoms. The number of aryl methyl sites for hydroxylation is 1. The number of hydrogen-bond donors (Lipinski definition) is 2. The van der Waals surface area contributed by atoms with E-state index < -0.39 is 12.0 Å². The number of nitrogens with one attached hydrogen (secondary N) is 1. The average molecular weight is 336 g/mol. The predicted molar refractivity (Wildman–Crippen MR) is 97.9 cm³/mol. The molecule has 2 atom stereocenters. The van der Waals surface area contributed by atoms with Crippen molar-refractivity contribution in [3.63, 3.8) is 0 Å². The number of hydrogen-bond acceptors (Lipinski definition) is 3. The molecule has 0 aliphatic carbocycles. The molecule has 1 aromatic rings. The van der Waals surface area contributed by atoms with Crippen molar-refractivity contribution in [3.8, 4) is 0 Å². The molecule has 0 saturated carbocycles. The van der Waals surface area contributed by atoms with Crippen molar-refractivity contribution in [1.82, 2.24) is 5.32 Å². The van der Waals surface area contributed by atoms with Crippen LogP contribution in [0, 0.1) is 0 Å². The fourth-order valence-corrected chi connectivity index (χ4v) is 4.23. The van der Waals surface area contributed by atoms with Gasteiger partial charge < -0.3 is 5.11 Å². The van der Waals surface area contributed by atoms with Crippen molar-refractivity contribution in [2.24, 2.45) is 0 Å². The zero-order valence-electron chi connectivity index (χ0n) is 14.1. The van der Waals surface area contributed by atoms with Crippen molar-refractivity contribution >= 4 is 17.7 Å². The van der Waals surface area contributed by atoms with Gasteiger partial charge in [0.15, 0.2) is 0 Å². The molecule has 1 aliphatic rings. The molecule has 0 bridgehead atoms. The van der Waals surface area contributed by atoms with Crippen LogP contribution in [0.2, 0.25) is 0 Å². The highest BCUT2D eigenvalue weighted by molar-refractivity contribution is 7.99. The van der Waals surface area contributed by atoms with Gasteiger partial charge in [-0.25, -0.2) is 0 Å². The second-order valence-corrected chi connectivity index (χ2v) is 7.53. The van der Waals surface area contributed by atoms with Crippen molar-refractivity contribution in [1.29, 1.82) is 0 Å². The topological polar surface area (TPSA) is 49.3 Å². The van der Waals surface area contributed by atoms with Gasteiger partial charge in [-0.15, -0.1) is 11.8 Å². The molecule has 0 radical (unpaired) electrons. The standard InChI is InChI=1S/C19H29NO2S/c1-2-3-4-5-6-7-8-10-15-11-9-12-16(13-15)18-20-17(14-23-18)19(21)22/h9,11-13,17-18,20H,2-8,10,14H2,1H3,(H,21,22)/t17-,18-/m0/s1. The molecule has 1 aliphatic heterocycles. The van der Waals surface area contributed by atoms with Crippen molar-refractivity contribution in [3.05, 3.63) is 35.4 Å². The van der Waals surface area contributed by atoms with E-state index in [0.29, 0.717) is 5.75 Å². The molecule has 2 rings (SSSR count). The summed E-state index contributed by atoms with van der Waals surface area (Å²) in [6, 6.07) is 8.21. The predicted octanol–water partition coefficient (Wildman–Crippen LogP) is 4.77. The van der Waals surface area contributed by atoms with Crippen LogP contribution >= 0.6 is 11.8 Å². The maximum Gasteiger partial charge on any atom is 0.321 e. The SMILES string of the molecule is CCCCCCCCCc1cccc([C@H]2N[C@H](C(=O)O)CS2)c1. The smallest absolute Gasteiger partial charge is 0.321 e. The molecule has 0 unspecified atom stereocenters. The number of benzene rings is 1. The van der Waals surface area contributed by atoms with Crippen molar-refractivity contribution < 1.29 is 9.90 Å². The molecule has 1 fully saturated rings. The first kappa shape index (κ1) is 18.3. The summed E-state index contributed by atoms with van der Waals surface area (Å²) in [6.07, 6.45) is 10.5. The van der Waals surface area contributed by atoms with E-state index in [1.165, 1.54) is 56.1 Å². The fraction of sp³-hybridized carbons (Fsp3) is 0.632. The minimum atomic E-state index is -0.751. The summed E-state index contributed by atoms with van der Waals surface area (Å²) in [5.74, 6) is -0.110. The Bertz CT molecular complexity index is 492. The van der Waals surface area contributed by atoms with Crippen LogP contribution in [-0.2, 0) is 11.2 Å². The van der Waals surface area contributed by atoms with E-state index in [1.807, 2.05) is 0 Å².